The van der Waals surface area contributed by atoms with Gasteiger partial charge in [-0.3, -0.25) is 19.5 Å². The van der Waals surface area contributed by atoms with Gasteiger partial charge in [-0.05, 0) is 67.4 Å². The molecule has 6 nitrogen and oxygen atoms in total. The fraction of sp³-hybridized carbons (Fsp3) is 0.160. The molecule has 168 valence electrons. The highest BCUT2D eigenvalue weighted by Gasteiger charge is 2.47. The van der Waals surface area contributed by atoms with E-state index in [1.54, 1.807) is 67.8 Å². The topological polar surface area (TPSA) is 79.7 Å². The molecule has 1 N–H and O–H groups in total. The van der Waals surface area contributed by atoms with Crippen LogP contribution in [0.1, 0.15) is 29.7 Å². The lowest BCUT2D eigenvalue weighted by atomic mass is 9.95. The van der Waals surface area contributed by atoms with Gasteiger partial charge in [0.25, 0.3) is 11.7 Å². The zero-order chi connectivity index (χ0) is 23.7. The van der Waals surface area contributed by atoms with Crippen molar-refractivity contribution in [3.63, 3.8) is 0 Å². The predicted molar refractivity (Wildman–Crippen MR) is 128 cm³/mol. The van der Waals surface area contributed by atoms with E-state index in [2.05, 4.69) is 4.98 Å². The Labute approximate surface area is 201 Å². The highest BCUT2D eigenvalue weighted by molar-refractivity contribution is 6.52. The number of anilines is 1. The molecule has 4 rings (SSSR count). The molecule has 0 aliphatic carbocycles. The van der Waals surface area contributed by atoms with Crippen LogP contribution in [-0.2, 0) is 9.59 Å². The van der Waals surface area contributed by atoms with Crippen molar-refractivity contribution in [2.45, 2.75) is 19.9 Å². The molecular weight excluding hydrogens is 463 g/mol. The van der Waals surface area contributed by atoms with E-state index in [4.69, 9.17) is 27.9 Å². The number of Topliss-reactive ketones (excluding diaryl/α,β-unsaturated/α-hetero) is 1. The highest BCUT2D eigenvalue weighted by atomic mass is 35.5. The number of aromatic nitrogens is 1. The van der Waals surface area contributed by atoms with Gasteiger partial charge in [-0.1, -0.05) is 29.3 Å². The van der Waals surface area contributed by atoms with E-state index in [0.717, 1.165) is 0 Å². The maximum absolute atomic E-state index is 13.2. The highest BCUT2D eigenvalue weighted by Crippen LogP contribution is 2.44. The fourth-order valence-corrected chi connectivity index (χ4v) is 4.21. The maximum atomic E-state index is 13.2. The van der Waals surface area contributed by atoms with Gasteiger partial charge in [0.05, 0.1) is 23.2 Å². The van der Waals surface area contributed by atoms with Crippen molar-refractivity contribution in [1.82, 2.24) is 4.98 Å². The van der Waals surface area contributed by atoms with Gasteiger partial charge >= 0.3 is 0 Å². The summed E-state index contributed by atoms with van der Waals surface area (Å²) >= 11 is 12.5. The molecule has 2 heterocycles. The fourth-order valence-electron chi connectivity index (χ4n) is 3.87. The van der Waals surface area contributed by atoms with Crippen molar-refractivity contribution < 1.29 is 19.4 Å². The number of amides is 1. The van der Waals surface area contributed by atoms with Crippen LogP contribution in [0.3, 0.4) is 0 Å². The Bertz CT molecular complexity index is 1270. The summed E-state index contributed by atoms with van der Waals surface area (Å²) in [7, 11) is 0. The Morgan fingerprint density at radius 2 is 1.82 bits per heavy atom. The summed E-state index contributed by atoms with van der Waals surface area (Å²) in [5.41, 5.74) is 2.00. The Morgan fingerprint density at radius 1 is 1.09 bits per heavy atom. The number of ether oxygens (including phenoxy) is 1. The van der Waals surface area contributed by atoms with Gasteiger partial charge in [0.15, 0.2) is 0 Å². The van der Waals surface area contributed by atoms with Crippen LogP contribution >= 0.6 is 23.2 Å². The molecule has 1 amide bonds. The zero-order valence-electron chi connectivity index (χ0n) is 17.9. The predicted octanol–water partition coefficient (Wildman–Crippen LogP) is 5.72. The monoisotopic (exact) mass is 482 g/mol. The quantitative estimate of drug-likeness (QED) is 0.285. The second kappa shape index (κ2) is 9.25. The Kier molecular flexibility index (Phi) is 6.40. The summed E-state index contributed by atoms with van der Waals surface area (Å²) in [6, 6.07) is 12.3. The Balaban J connectivity index is 1.95. The first-order valence-electron chi connectivity index (χ1n) is 10.2. The van der Waals surface area contributed by atoms with Crippen molar-refractivity contribution in [1.29, 1.82) is 0 Å². The summed E-state index contributed by atoms with van der Waals surface area (Å²) < 4.78 is 5.52. The zero-order valence-corrected chi connectivity index (χ0v) is 19.4. The number of rotatable bonds is 5. The van der Waals surface area contributed by atoms with E-state index in [-0.39, 0.29) is 11.3 Å². The van der Waals surface area contributed by atoms with Gasteiger partial charge < -0.3 is 9.84 Å². The molecule has 1 aliphatic rings. The number of hydrogen-bond acceptors (Lipinski definition) is 5. The van der Waals surface area contributed by atoms with Crippen LogP contribution in [0.4, 0.5) is 5.69 Å². The summed E-state index contributed by atoms with van der Waals surface area (Å²) in [4.78, 5) is 31.9. The van der Waals surface area contributed by atoms with Crippen molar-refractivity contribution >= 4 is 46.3 Å². The average Bonchev–Trinajstić information content (AvgIpc) is 3.08. The second-order valence-electron chi connectivity index (χ2n) is 7.41. The minimum absolute atomic E-state index is 0.0460. The minimum Gasteiger partial charge on any atom is -0.507 e. The Morgan fingerprint density at radius 3 is 2.52 bits per heavy atom. The van der Waals surface area contributed by atoms with Crippen molar-refractivity contribution in [3.8, 4) is 5.75 Å². The number of nitrogens with zero attached hydrogens (tertiary/aromatic N) is 2. The molecule has 1 aromatic heterocycles. The van der Waals surface area contributed by atoms with E-state index >= 15 is 0 Å². The van der Waals surface area contributed by atoms with E-state index in [9.17, 15) is 14.7 Å². The van der Waals surface area contributed by atoms with Crippen LogP contribution in [0.2, 0.25) is 10.0 Å². The maximum Gasteiger partial charge on any atom is 0.300 e. The average molecular weight is 483 g/mol. The van der Waals surface area contributed by atoms with Crippen molar-refractivity contribution in [2.75, 3.05) is 11.5 Å². The minimum atomic E-state index is -0.878. The number of halogens is 2. The van der Waals surface area contributed by atoms with Crippen LogP contribution in [-0.4, -0.2) is 28.4 Å². The van der Waals surface area contributed by atoms with Crippen LogP contribution in [0, 0.1) is 6.92 Å². The van der Waals surface area contributed by atoms with Crippen LogP contribution in [0.25, 0.3) is 5.76 Å². The first kappa shape index (κ1) is 22.8. The lowest BCUT2D eigenvalue weighted by molar-refractivity contribution is -0.132. The van der Waals surface area contributed by atoms with E-state index < -0.39 is 17.7 Å². The first-order valence-corrected chi connectivity index (χ1v) is 11.0. The van der Waals surface area contributed by atoms with Crippen LogP contribution < -0.4 is 9.64 Å². The number of carbonyl (C=O) groups excluding carboxylic acids is 2. The number of benzene rings is 2. The van der Waals surface area contributed by atoms with Crippen LogP contribution in [0.15, 0.2) is 66.5 Å². The summed E-state index contributed by atoms with van der Waals surface area (Å²) in [5, 5.41) is 12.1. The molecule has 1 aliphatic heterocycles. The summed E-state index contributed by atoms with van der Waals surface area (Å²) in [6.07, 6.45) is 3.13. The van der Waals surface area contributed by atoms with Crippen LogP contribution in [0.5, 0.6) is 5.75 Å². The van der Waals surface area contributed by atoms with E-state index in [1.807, 2.05) is 6.92 Å². The Hall–Kier alpha value is -3.35. The SMILES string of the molecule is CCOc1cc(/C(O)=C2\C(=O)C(=O)N(c3cccc(Cl)c3C)C2c2ccncc2)ccc1Cl. The molecule has 0 bridgehead atoms. The molecule has 2 aromatic carbocycles. The number of carbonyl (C=O) groups is 2. The number of aliphatic hydroxyl groups excluding tert-OH is 1. The van der Waals surface area contributed by atoms with Gasteiger partial charge in [-0.15, -0.1) is 0 Å². The van der Waals surface area contributed by atoms with Gasteiger partial charge in [-0.2, -0.15) is 0 Å². The van der Waals surface area contributed by atoms with Gasteiger partial charge in [-0.25, -0.2) is 0 Å². The lowest BCUT2D eigenvalue weighted by Crippen LogP contribution is -2.30. The van der Waals surface area contributed by atoms with Crippen molar-refractivity contribution in [2.24, 2.45) is 0 Å². The van der Waals surface area contributed by atoms with E-state index in [1.165, 1.54) is 4.90 Å². The number of hydrogen-bond donors (Lipinski definition) is 1. The third-order valence-electron chi connectivity index (χ3n) is 5.47. The standard InChI is InChI=1S/C25H20Cl2N2O4/c1-3-33-20-13-16(7-8-18(20)27)23(30)21-22(15-9-11-28-12-10-15)29(25(32)24(21)31)19-6-4-5-17(26)14(19)2/h4-13,22,30H,3H2,1-2H3/b23-21+. The first-order chi connectivity index (χ1) is 15.8. The molecule has 1 fully saturated rings. The summed E-state index contributed by atoms with van der Waals surface area (Å²) in [5.74, 6) is -1.53. The molecule has 8 heteroatoms. The van der Waals surface area contributed by atoms with Gasteiger partial charge in [0.2, 0.25) is 0 Å². The number of aliphatic hydroxyl groups is 1. The third kappa shape index (κ3) is 4.08. The molecule has 1 unspecified atom stereocenters. The smallest absolute Gasteiger partial charge is 0.300 e. The number of ketones is 1. The molecule has 0 saturated carbocycles. The molecule has 1 saturated heterocycles. The number of pyridine rings is 1. The molecule has 3 aromatic rings. The third-order valence-corrected chi connectivity index (χ3v) is 6.19. The summed E-state index contributed by atoms with van der Waals surface area (Å²) in [6.45, 7) is 3.96. The largest absolute Gasteiger partial charge is 0.507 e. The second-order valence-corrected chi connectivity index (χ2v) is 8.23. The van der Waals surface area contributed by atoms with Crippen molar-refractivity contribution in [3.05, 3.63) is 93.2 Å². The molecule has 1 atom stereocenters. The molecular formula is C25H20Cl2N2O4. The molecule has 0 radical (unpaired) electrons. The molecule has 33 heavy (non-hydrogen) atoms. The normalized spacial score (nSPS) is 17.5. The molecule has 0 spiro atoms. The van der Waals surface area contributed by atoms with Gasteiger partial charge in [0, 0.05) is 28.7 Å². The lowest BCUT2D eigenvalue weighted by Gasteiger charge is -2.27. The van der Waals surface area contributed by atoms with E-state index in [0.29, 0.717) is 44.8 Å². The van der Waals surface area contributed by atoms with Gasteiger partial charge in [0.1, 0.15) is 11.5 Å².